The summed E-state index contributed by atoms with van der Waals surface area (Å²) in [5, 5.41) is 0.557. The molecule has 0 N–H and O–H groups in total. The molecule has 1 spiro atoms. The minimum Gasteiger partial charge on any atom is -0.497 e. The number of halogens is 1. The number of Topliss-reactive ketones (excluding diaryl/α,β-unsaturated/α-hetero) is 2. The van der Waals surface area contributed by atoms with Crippen LogP contribution in [0.3, 0.4) is 0 Å². The molecule has 32 heavy (non-hydrogen) atoms. The largest absolute Gasteiger partial charge is 0.497 e. The van der Waals surface area contributed by atoms with E-state index >= 15 is 0 Å². The highest BCUT2D eigenvalue weighted by Crippen LogP contribution is 2.41. The molecule has 1 fully saturated rings. The standard InChI is InChI=1S/C25H26ClNO5/c1-16-13-23-19(14-20(16)26)22(29)15-25(32-23)9-11-27(12-10-25)24(30)8-7-21(28)17-3-5-18(31-2)6-4-17/h3-6,13-14H,7-12,15H2,1-2H3. The molecule has 0 aliphatic carbocycles. The fraction of sp³-hybridized carbons (Fsp3) is 0.400. The van der Waals surface area contributed by atoms with Crippen LogP contribution in [0.1, 0.15) is 58.4 Å². The second-order valence-corrected chi connectivity index (χ2v) is 8.92. The summed E-state index contributed by atoms with van der Waals surface area (Å²) in [5.41, 5.74) is 1.38. The first kappa shape index (κ1) is 22.3. The Kier molecular flexibility index (Phi) is 6.24. The van der Waals surface area contributed by atoms with Gasteiger partial charge in [-0.2, -0.15) is 0 Å². The van der Waals surface area contributed by atoms with Gasteiger partial charge in [0, 0.05) is 49.4 Å². The van der Waals surface area contributed by atoms with Crippen LogP contribution in [0.2, 0.25) is 5.02 Å². The van der Waals surface area contributed by atoms with Crippen molar-refractivity contribution >= 4 is 29.1 Å². The van der Waals surface area contributed by atoms with Gasteiger partial charge in [-0.25, -0.2) is 0 Å². The molecular weight excluding hydrogens is 430 g/mol. The van der Waals surface area contributed by atoms with E-state index in [2.05, 4.69) is 0 Å². The van der Waals surface area contributed by atoms with Gasteiger partial charge in [0.2, 0.25) is 5.91 Å². The molecule has 0 bridgehead atoms. The zero-order valence-electron chi connectivity index (χ0n) is 18.3. The first-order valence-corrected chi connectivity index (χ1v) is 11.2. The average Bonchev–Trinajstić information content (AvgIpc) is 2.79. The maximum Gasteiger partial charge on any atom is 0.223 e. The number of nitrogens with zero attached hydrogens (tertiary/aromatic N) is 1. The Balaban J connectivity index is 1.33. The molecule has 2 aromatic rings. The summed E-state index contributed by atoms with van der Waals surface area (Å²) in [6.07, 6.45) is 1.78. The molecule has 2 aliphatic heterocycles. The Morgan fingerprint density at radius 2 is 1.81 bits per heavy atom. The van der Waals surface area contributed by atoms with Crippen molar-refractivity contribution in [3.8, 4) is 11.5 Å². The highest BCUT2D eigenvalue weighted by atomic mass is 35.5. The number of rotatable bonds is 5. The van der Waals surface area contributed by atoms with Crippen LogP contribution in [-0.4, -0.2) is 48.2 Å². The van der Waals surface area contributed by atoms with Crippen LogP contribution in [0.4, 0.5) is 0 Å². The van der Waals surface area contributed by atoms with Crippen LogP contribution in [0.25, 0.3) is 0 Å². The molecule has 7 heteroatoms. The summed E-state index contributed by atoms with van der Waals surface area (Å²) in [5.74, 6) is 1.17. The third-order valence-electron chi connectivity index (χ3n) is 6.38. The molecule has 0 atom stereocenters. The maximum absolute atomic E-state index is 12.7. The number of fused-ring (bicyclic) bond motifs is 1. The smallest absolute Gasteiger partial charge is 0.223 e. The number of benzene rings is 2. The normalized spacial score (nSPS) is 17.0. The molecule has 0 unspecified atom stereocenters. The van der Waals surface area contributed by atoms with Gasteiger partial charge in [-0.3, -0.25) is 14.4 Å². The summed E-state index contributed by atoms with van der Waals surface area (Å²) < 4.78 is 11.4. The van der Waals surface area contributed by atoms with Crippen LogP contribution in [0.5, 0.6) is 11.5 Å². The number of carbonyl (C=O) groups excluding carboxylic acids is 3. The van der Waals surface area contributed by atoms with Gasteiger partial charge in [0.25, 0.3) is 0 Å². The molecule has 2 aliphatic rings. The zero-order chi connectivity index (χ0) is 22.9. The fourth-order valence-corrected chi connectivity index (χ4v) is 4.52. The topological polar surface area (TPSA) is 72.9 Å². The first-order chi connectivity index (χ1) is 15.3. The molecule has 1 saturated heterocycles. The Bertz CT molecular complexity index is 1050. The Morgan fingerprint density at radius 3 is 2.47 bits per heavy atom. The lowest BCUT2D eigenvalue weighted by Gasteiger charge is -2.44. The van der Waals surface area contributed by atoms with Crippen molar-refractivity contribution < 1.29 is 23.9 Å². The van der Waals surface area contributed by atoms with Crippen molar-refractivity contribution in [2.45, 2.75) is 44.6 Å². The van der Waals surface area contributed by atoms with Crippen molar-refractivity contribution in [2.75, 3.05) is 20.2 Å². The third-order valence-corrected chi connectivity index (χ3v) is 6.78. The van der Waals surface area contributed by atoms with E-state index in [1.54, 1.807) is 42.3 Å². The van der Waals surface area contributed by atoms with E-state index in [1.165, 1.54) is 0 Å². The van der Waals surface area contributed by atoms with E-state index in [1.807, 2.05) is 13.0 Å². The Hall–Kier alpha value is -2.86. The van der Waals surface area contributed by atoms with Crippen LogP contribution in [0, 0.1) is 6.92 Å². The molecule has 0 radical (unpaired) electrons. The number of ether oxygens (including phenoxy) is 2. The zero-order valence-corrected chi connectivity index (χ0v) is 19.0. The summed E-state index contributed by atoms with van der Waals surface area (Å²) in [6.45, 7) is 2.89. The van der Waals surface area contributed by atoms with E-state index in [9.17, 15) is 14.4 Å². The molecular formula is C25H26ClNO5. The van der Waals surface area contributed by atoms with Gasteiger partial charge in [-0.15, -0.1) is 0 Å². The fourth-order valence-electron chi connectivity index (χ4n) is 4.36. The van der Waals surface area contributed by atoms with Gasteiger partial charge in [-0.05, 0) is 48.9 Å². The number of hydrogen-bond acceptors (Lipinski definition) is 5. The van der Waals surface area contributed by atoms with Crippen LogP contribution in [-0.2, 0) is 4.79 Å². The molecule has 1 amide bonds. The monoisotopic (exact) mass is 455 g/mol. The van der Waals surface area contributed by atoms with E-state index in [4.69, 9.17) is 21.1 Å². The molecule has 168 valence electrons. The van der Waals surface area contributed by atoms with Gasteiger partial charge in [0.05, 0.1) is 19.1 Å². The van der Waals surface area contributed by atoms with Crippen molar-refractivity contribution in [3.63, 3.8) is 0 Å². The summed E-state index contributed by atoms with van der Waals surface area (Å²) in [7, 11) is 1.57. The molecule has 2 aromatic carbocycles. The third kappa shape index (κ3) is 4.51. The van der Waals surface area contributed by atoms with Crippen LogP contribution in [0.15, 0.2) is 36.4 Å². The second kappa shape index (κ2) is 8.94. The lowest BCUT2D eigenvalue weighted by molar-refractivity contribution is -0.134. The molecule has 4 rings (SSSR count). The Morgan fingerprint density at radius 1 is 1.12 bits per heavy atom. The predicted molar refractivity (Wildman–Crippen MR) is 121 cm³/mol. The number of amides is 1. The van der Waals surface area contributed by atoms with Crippen molar-refractivity contribution in [3.05, 3.63) is 58.1 Å². The summed E-state index contributed by atoms with van der Waals surface area (Å²) in [4.78, 5) is 39.6. The number of hydrogen-bond donors (Lipinski definition) is 0. The lowest BCUT2D eigenvalue weighted by Crippen LogP contribution is -2.52. The molecule has 0 saturated carbocycles. The maximum atomic E-state index is 12.7. The van der Waals surface area contributed by atoms with Crippen LogP contribution >= 0.6 is 11.6 Å². The van der Waals surface area contributed by atoms with E-state index < -0.39 is 5.60 Å². The Labute approximate surface area is 192 Å². The number of ketones is 2. The lowest BCUT2D eigenvalue weighted by atomic mass is 9.82. The van der Waals surface area contributed by atoms with Crippen molar-refractivity contribution in [2.24, 2.45) is 0 Å². The minimum atomic E-state index is -0.583. The van der Waals surface area contributed by atoms with E-state index in [-0.39, 0.29) is 36.7 Å². The van der Waals surface area contributed by atoms with Crippen LogP contribution < -0.4 is 9.47 Å². The highest BCUT2D eigenvalue weighted by Gasteiger charge is 2.43. The highest BCUT2D eigenvalue weighted by molar-refractivity contribution is 6.31. The van der Waals surface area contributed by atoms with E-state index in [0.717, 1.165) is 5.56 Å². The number of likely N-dealkylation sites (tertiary alicyclic amines) is 1. The number of carbonyl (C=O) groups is 3. The van der Waals surface area contributed by atoms with Gasteiger partial charge < -0.3 is 14.4 Å². The summed E-state index contributed by atoms with van der Waals surface area (Å²) in [6, 6.07) is 10.4. The molecule has 0 aromatic heterocycles. The predicted octanol–water partition coefficient (Wildman–Crippen LogP) is 4.65. The minimum absolute atomic E-state index is 0.0259. The summed E-state index contributed by atoms with van der Waals surface area (Å²) >= 11 is 6.17. The quantitative estimate of drug-likeness (QED) is 0.614. The van der Waals surface area contributed by atoms with Gasteiger partial charge in [-0.1, -0.05) is 11.6 Å². The number of piperidine rings is 1. The second-order valence-electron chi connectivity index (χ2n) is 8.52. The molecule has 6 nitrogen and oxygen atoms in total. The van der Waals surface area contributed by atoms with E-state index in [0.29, 0.717) is 53.6 Å². The van der Waals surface area contributed by atoms with Gasteiger partial charge >= 0.3 is 0 Å². The van der Waals surface area contributed by atoms with Crippen molar-refractivity contribution in [1.29, 1.82) is 0 Å². The molecule has 2 heterocycles. The average molecular weight is 456 g/mol. The van der Waals surface area contributed by atoms with Gasteiger partial charge in [0.15, 0.2) is 11.6 Å². The van der Waals surface area contributed by atoms with Crippen molar-refractivity contribution in [1.82, 2.24) is 4.90 Å². The number of aryl methyl sites for hydroxylation is 1. The first-order valence-electron chi connectivity index (χ1n) is 10.8. The van der Waals surface area contributed by atoms with Gasteiger partial charge in [0.1, 0.15) is 17.1 Å². The SMILES string of the molecule is COc1ccc(C(=O)CCC(=O)N2CCC3(CC2)CC(=O)c2cc(Cl)c(C)cc2O3)cc1. The number of methoxy groups -OCH3 is 1.